The predicted octanol–water partition coefficient (Wildman–Crippen LogP) is -2.06. The number of amides is 3. The molecular formula is C16H28N4O6S. The Morgan fingerprint density at radius 3 is 2.37 bits per heavy atom. The molecule has 0 aromatic carbocycles. The van der Waals surface area contributed by atoms with E-state index in [0.29, 0.717) is 19.4 Å². The number of nitrogens with zero attached hydrogens (tertiary/aromatic N) is 1. The van der Waals surface area contributed by atoms with Gasteiger partial charge in [0.1, 0.15) is 24.2 Å². The van der Waals surface area contributed by atoms with Gasteiger partial charge in [0, 0.05) is 12.3 Å². The first kappa shape index (κ1) is 23.2. The molecule has 1 heterocycles. The molecule has 4 unspecified atom stereocenters. The monoisotopic (exact) mass is 404 g/mol. The number of rotatable bonds is 9. The molecule has 0 spiro atoms. The Hall–Kier alpha value is -1.85. The summed E-state index contributed by atoms with van der Waals surface area (Å²) in [5, 5.41) is 22.9. The highest BCUT2D eigenvalue weighted by Crippen LogP contribution is 2.20. The summed E-state index contributed by atoms with van der Waals surface area (Å²) in [5.74, 6) is -3.24. The van der Waals surface area contributed by atoms with Crippen LogP contribution < -0.4 is 16.4 Å². The van der Waals surface area contributed by atoms with Gasteiger partial charge in [-0.1, -0.05) is 13.8 Å². The molecule has 27 heavy (non-hydrogen) atoms. The van der Waals surface area contributed by atoms with Crippen LogP contribution >= 0.6 is 12.6 Å². The molecule has 0 aromatic heterocycles. The number of aliphatic hydroxyl groups excluding tert-OH is 1. The topological polar surface area (TPSA) is 162 Å². The molecule has 11 heteroatoms. The van der Waals surface area contributed by atoms with Gasteiger partial charge in [-0.05, 0) is 18.8 Å². The zero-order valence-electron chi connectivity index (χ0n) is 15.4. The first-order chi connectivity index (χ1) is 12.6. The SMILES string of the molecule is CC(C)C(NC(=O)C(N)CO)C(=O)N1CCCC1C(=O)NC(CS)C(=O)O. The minimum atomic E-state index is -1.21. The molecular weight excluding hydrogens is 376 g/mol. The van der Waals surface area contributed by atoms with E-state index in [2.05, 4.69) is 23.3 Å². The second-order valence-corrected chi connectivity index (χ2v) is 7.16. The summed E-state index contributed by atoms with van der Waals surface area (Å²) in [6, 6.07) is -4.03. The highest BCUT2D eigenvalue weighted by Gasteiger charge is 2.39. The lowest BCUT2D eigenvalue weighted by Gasteiger charge is -2.31. The molecule has 154 valence electrons. The number of thiol groups is 1. The van der Waals surface area contributed by atoms with Gasteiger partial charge in [0.25, 0.3) is 0 Å². The summed E-state index contributed by atoms with van der Waals surface area (Å²) in [5.41, 5.74) is 5.48. The second kappa shape index (κ2) is 10.5. The fraction of sp³-hybridized carbons (Fsp3) is 0.750. The van der Waals surface area contributed by atoms with Crippen LogP contribution in [0.4, 0.5) is 0 Å². The molecule has 0 radical (unpaired) electrons. The quantitative estimate of drug-likeness (QED) is 0.241. The van der Waals surface area contributed by atoms with Crippen LogP contribution in [-0.4, -0.2) is 81.9 Å². The molecule has 6 N–H and O–H groups in total. The van der Waals surface area contributed by atoms with E-state index in [9.17, 15) is 19.2 Å². The summed E-state index contributed by atoms with van der Waals surface area (Å²) >= 11 is 3.90. The fourth-order valence-corrected chi connectivity index (χ4v) is 3.04. The average molecular weight is 404 g/mol. The summed E-state index contributed by atoms with van der Waals surface area (Å²) in [6.07, 6.45) is 0.975. The van der Waals surface area contributed by atoms with Gasteiger partial charge in [0.2, 0.25) is 17.7 Å². The maximum absolute atomic E-state index is 12.9. The number of carbonyl (C=O) groups is 4. The van der Waals surface area contributed by atoms with Crippen molar-refractivity contribution in [3.8, 4) is 0 Å². The Morgan fingerprint density at radius 1 is 1.26 bits per heavy atom. The Labute approximate surface area is 163 Å². The lowest BCUT2D eigenvalue weighted by molar-refractivity contribution is -0.145. The number of carbonyl (C=O) groups excluding carboxylic acids is 3. The van der Waals surface area contributed by atoms with E-state index < -0.39 is 54.5 Å². The van der Waals surface area contributed by atoms with Crippen molar-refractivity contribution < 1.29 is 29.4 Å². The molecule has 0 bridgehead atoms. The maximum atomic E-state index is 12.9. The van der Waals surface area contributed by atoms with Crippen molar-refractivity contribution in [2.45, 2.75) is 50.9 Å². The van der Waals surface area contributed by atoms with Gasteiger partial charge >= 0.3 is 5.97 Å². The van der Waals surface area contributed by atoms with E-state index >= 15 is 0 Å². The van der Waals surface area contributed by atoms with Gasteiger partial charge in [-0.2, -0.15) is 12.6 Å². The molecule has 10 nitrogen and oxygen atoms in total. The third-order valence-electron chi connectivity index (χ3n) is 4.40. The number of carboxylic acids is 1. The molecule has 1 aliphatic heterocycles. The highest BCUT2D eigenvalue weighted by atomic mass is 32.1. The van der Waals surface area contributed by atoms with Crippen LogP contribution in [0.2, 0.25) is 0 Å². The van der Waals surface area contributed by atoms with Gasteiger partial charge in [0.15, 0.2) is 0 Å². The summed E-state index contributed by atoms with van der Waals surface area (Å²) in [6.45, 7) is 3.24. The Morgan fingerprint density at radius 2 is 1.89 bits per heavy atom. The summed E-state index contributed by atoms with van der Waals surface area (Å²) in [7, 11) is 0. The van der Waals surface area contributed by atoms with Crippen LogP contribution in [-0.2, 0) is 19.2 Å². The third kappa shape index (κ3) is 6.08. The van der Waals surface area contributed by atoms with Crippen molar-refractivity contribution in [3.63, 3.8) is 0 Å². The van der Waals surface area contributed by atoms with E-state index in [4.69, 9.17) is 15.9 Å². The number of carboxylic acid groups (broad SMARTS) is 1. The molecule has 4 atom stereocenters. The molecule has 0 aromatic rings. The van der Waals surface area contributed by atoms with Crippen LogP contribution in [0, 0.1) is 5.92 Å². The normalized spacial score (nSPS) is 20.1. The van der Waals surface area contributed by atoms with Crippen LogP contribution in [0.1, 0.15) is 26.7 Å². The average Bonchev–Trinajstić information content (AvgIpc) is 3.11. The van der Waals surface area contributed by atoms with Crippen molar-refractivity contribution >= 4 is 36.3 Å². The first-order valence-corrected chi connectivity index (χ1v) is 9.38. The van der Waals surface area contributed by atoms with Crippen molar-refractivity contribution in [3.05, 3.63) is 0 Å². The first-order valence-electron chi connectivity index (χ1n) is 8.75. The van der Waals surface area contributed by atoms with E-state index in [1.165, 1.54) is 4.90 Å². The fourth-order valence-electron chi connectivity index (χ4n) is 2.79. The molecule has 0 saturated carbocycles. The van der Waals surface area contributed by atoms with Crippen molar-refractivity contribution in [2.24, 2.45) is 11.7 Å². The number of aliphatic hydroxyl groups is 1. The standard InChI is InChI=1S/C16H28N4O6S/c1-8(2)12(19-13(22)9(17)6-21)15(24)20-5-3-4-11(20)14(23)18-10(7-27)16(25)26/h8-12,21,27H,3-7,17H2,1-2H3,(H,18,23)(H,19,22)(H,25,26). The number of hydrogen-bond donors (Lipinski definition) is 6. The van der Waals surface area contributed by atoms with Gasteiger partial charge in [-0.3, -0.25) is 14.4 Å². The second-order valence-electron chi connectivity index (χ2n) is 6.79. The Balaban J connectivity index is 2.89. The summed E-state index contributed by atoms with van der Waals surface area (Å²) in [4.78, 5) is 49.8. The molecule has 1 aliphatic rings. The minimum absolute atomic E-state index is 0.0779. The summed E-state index contributed by atoms with van der Waals surface area (Å²) < 4.78 is 0. The number of aliphatic carboxylic acids is 1. The van der Waals surface area contributed by atoms with Gasteiger partial charge in [0.05, 0.1) is 6.61 Å². The lowest BCUT2D eigenvalue weighted by atomic mass is 10.0. The highest BCUT2D eigenvalue weighted by molar-refractivity contribution is 7.80. The Kier molecular flexibility index (Phi) is 9.00. The van der Waals surface area contributed by atoms with Crippen LogP contribution in [0.5, 0.6) is 0 Å². The van der Waals surface area contributed by atoms with E-state index in [1.54, 1.807) is 13.8 Å². The smallest absolute Gasteiger partial charge is 0.327 e. The molecule has 1 rings (SSSR count). The predicted molar refractivity (Wildman–Crippen MR) is 100.0 cm³/mol. The van der Waals surface area contributed by atoms with E-state index in [-0.39, 0.29) is 11.7 Å². The van der Waals surface area contributed by atoms with Gasteiger partial charge < -0.3 is 31.5 Å². The number of nitrogens with two attached hydrogens (primary N) is 1. The Bertz CT molecular complexity index is 573. The van der Waals surface area contributed by atoms with Crippen molar-refractivity contribution in [1.82, 2.24) is 15.5 Å². The van der Waals surface area contributed by atoms with Gasteiger partial charge in [-0.25, -0.2) is 4.79 Å². The number of likely N-dealkylation sites (tertiary alicyclic amines) is 1. The van der Waals surface area contributed by atoms with E-state index in [1.807, 2.05) is 0 Å². The molecule has 1 saturated heterocycles. The van der Waals surface area contributed by atoms with Gasteiger partial charge in [-0.15, -0.1) is 0 Å². The van der Waals surface area contributed by atoms with Crippen molar-refractivity contribution in [2.75, 3.05) is 18.9 Å². The van der Waals surface area contributed by atoms with Crippen LogP contribution in [0.15, 0.2) is 0 Å². The number of nitrogens with one attached hydrogen (secondary N) is 2. The number of hydrogen-bond acceptors (Lipinski definition) is 7. The van der Waals surface area contributed by atoms with E-state index in [0.717, 1.165) is 0 Å². The van der Waals surface area contributed by atoms with Crippen LogP contribution in [0.3, 0.4) is 0 Å². The van der Waals surface area contributed by atoms with Crippen LogP contribution in [0.25, 0.3) is 0 Å². The zero-order valence-corrected chi connectivity index (χ0v) is 16.3. The largest absolute Gasteiger partial charge is 0.480 e. The third-order valence-corrected chi connectivity index (χ3v) is 4.76. The molecule has 3 amide bonds. The zero-order chi connectivity index (χ0) is 20.7. The maximum Gasteiger partial charge on any atom is 0.327 e. The lowest BCUT2D eigenvalue weighted by Crippen LogP contribution is -2.58. The molecule has 1 fully saturated rings. The van der Waals surface area contributed by atoms with Crippen molar-refractivity contribution in [1.29, 1.82) is 0 Å². The minimum Gasteiger partial charge on any atom is -0.480 e. The molecule has 0 aliphatic carbocycles.